The molecule has 0 bridgehead atoms. The molecule has 0 aliphatic heterocycles. The van der Waals surface area contributed by atoms with Crippen LogP contribution in [-0.4, -0.2) is 31.2 Å². The molecule has 0 saturated heterocycles. The van der Waals surface area contributed by atoms with Crippen LogP contribution in [0.5, 0.6) is 0 Å². The lowest BCUT2D eigenvalue weighted by molar-refractivity contribution is 0.0343. The van der Waals surface area contributed by atoms with E-state index in [2.05, 4.69) is 15.4 Å². The highest BCUT2D eigenvalue weighted by atomic mass is 35.5. The van der Waals surface area contributed by atoms with Crippen molar-refractivity contribution in [3.8, 4) is 11.4 Å². The molecule has 4 rings (SSSR count). The molecule has 1 atom stereocenters. The molecule has 2 aromatic heterocycles. The molecule has 10 heteroatoms. The molecule has 2 aromatic carbocycles. The van der Waals surface area contributed by atoms with Crippen molar-refractivity contribution in [3.63, 3.8) is 0 Å². The molecule has 0 radical (unpaired) electrons. The van der Waals surface area contributed by atoms with Gasteiger partial charge in [-0.2, -0.15) is 0 Å². The van der Waals surface area contributed by atoms with Gasteiger partial charge in [0.05, 0.1) is 27.8 Å². The molecule has 0 aliphatic rings. The molecule has 3 N–H and O–H groups in total. The van der Waals surface area contributed by atoms with Gasteiger partial charge in [0.15, 0.2) is 11.6 Å². The highest BCUT2D eigenvalue weighted by Crippen LogP contribution is 2.30. The summed E-state index contributed by atoms with van der Waals surface area (Å²) in [5.74, 6) is -2.04. The lowest BCUT2D eigenvalue weighted by atomic mass is 9.91. The maximum atomic E-state index is 14.6. The lowest BCUT2D eigenvalue weighted by Gasteiger charge is -2.30. The minimum atomic E-state index is -1.39. The van der Waals surface area contributed by atoms with Gasteiger partial charge < -0.3 is 15.4 Å². The molecule has 0 aliphatic carbocycles. The fourth-order valence-electron chi connectivity index (χ4n) is 4.22. The first-order chi connectivity index (χ1) is 16.9. The molecular weight excluding hydrogens is 490 g/mol. The van der Waals surface area contributed by atoms with Crippen LogP contribution in [0.25, 0.3) is 16.9 Å². The summed E-state index contributed by atoms with van der Waals surface area (Å²) < 4.78 is 29.3. The van der Waals surface area contributed by atoms with E-state index in [-0.39, 0.29) is 33.4 Å². The smallest absolute Gasteiger partial charge is 0.275 e. The Morgan fingerprint density at radius 2 is 1.83 bits per heavy atom. The maximum Gasteiger partial charge on any atom is 0.275 e. The monoisotopic (exact) mass is 514 g/mol. The zero-order valence-electron chi connectivity index (χ0n) is 20.1. The predicted molar refractivity (Wildman–Crippen MR) is 133 cm³/mol. The van der Waals surface area contributed by atoms with Crippen LogP contribution >= 0.6 is 11.6 Å². The Morgan fingerprint density at radius 1 is 1.17 bits per heavy atom. The fraction of sp³-hybridized carbons (Fsp3) is 0.269. The Morgan fingerprint density at radius 3 is 2.44 bits per heavy atom. The summed E-state index contributed by atoms with van der Waals surface area (Å²) in [5.41, 5.74) is -0.691. The van der Waals surface area contributed by atoms with Gasteiger partial charge in [-0.15, -0.1) is 5.10 Å². The quantitative estimate of drug-likeness (QED) is 0.337. The van der Waals surface area contributed by atoms with Gasteiger partial charge >= 0.3 is 0 Å². The number of carbonyl (C=O) groups is 1. The first-order valence-electron chi connectivity index (χ1n) is 11.3. The Balaban J connectivity index is 1.82. The van der Waals surface area contributed by atoms with E-state index >= 15 is 0 Å². The Bertz CT molecular complexity index is 1500. The van der Waals surface area contributed by atoms with Gasteiger partial charge in [-0.25, -0.2) is 13.3 Å². The van der Waals surface area contributed by atoms with E-state index in [0.717, 1.165) is 0 Å². The van der Waals surface area contributed by atoms with Crippen molar-refractivity contribution in [3.05, 3.63) is 92.4 Å². The van der Waals surface area contributed by atoms with E-state index in [1.54, 1.807) is 0 Å². The summed E-state index contributed by atoms with van der Waals surface area (Å²) in [5, 5.41) is 17.8. The van der Waals surface area contributed by atoms with E-state index < -0.39 is 34.7 Å². The topological polar surface area (TPSA) is 99.5 Å². The van der Waals surface area contributed by atoms with Crippen molar-refractivity contribution < 1.29 is 18.7 Å². The summed E-state index contributed by atoms with van der Waals surface area (Å²) in [7, 11) is 0. The van der Waals surface area contributed by atoms with Gasteiger partial charge in [0.2, 0.25) is 0 Å². The van der Waals surface area contributed by atoms with Crippen LogP contribution in [0, 0.1) is 11.6 Å². The number of hydrogen-bond donors (Lipinski definition) is 3. The van der Waals surface area contributed by atoms with E-state index in [1.807, 2.05) is 13.8 Å². The van der Waals surface area contributed by atoms with Crippen LogP contribution in [0.4, 0.5) is 8.78 Å². The van der Waals surface area contributed by atoms with Crippen molar-refractivity contribution in [1.82, 2.24) is 19.9 Å². The maximum absolute atomic E-state index is 14.6. The highest BCUT2D eigenvalue weighted by Gasteiger charge is 2.32. The number of amides is 1. The van der Waals surface area contributed by atoms with Crippen molar-refractivity contribution >= 4 is 23.0 Å². The molecular formula is C26H25ClF2N4O3. The number of rotatable bonds is 6. The average molecular weight is 515 g/mol. The van der Waals surface area contributed by atoms with E-state index in [9.17, 15) is 23.5 Å². The van der Waals surface area contributed by atoms with Gasteiger partial charge in [0.1, 0.15) is 11.3 Å². The minimum absolute atomic E-state index is 0.00528. The second-order valence-electron chi connectivity index (χ2n) is 9.42. The number of fused-ring (bicyclic) bond motifs is 1. The number of benzene rings is 2. The third kappa shape index (κ3) is 4.76. The normalized spacial score (nSPS) is 12.8. The largest absolute Gasteiger partial charge is 0.388 e. The summed E-state index contributed by atoms with van der Waals surface area (Å²) >= 11 is 5.88. The Labute approximate surface area is 210 Å². The second kappa shape index (κ2) is 9.48. The SMILES string of the molecule is CC(C)c1c(C(=O)N[C@@H](c2ccc(F)cc2)C(C)(C)O)cn2nc(-c3cccc(Cl)c3F)[nH]c(=O)c12. The van der Waals surface area contributed by atoms with Crippen molar-refractivity contribution in [1.29, 1.82) is 0 Å². The minimum Gasteiger partial charge on any atom is -0.388 e. The van der Waals surface area contributed by atoms with Crippen LogP contribution < -0.4 is 10.9 Å². The molecule has 0 spiro atoms. The molecule has 2 heterocycles. The number of aliphatic hydroxyl groups is 1. The van der Waals surface area contributed by atoms with Crippen LogP contribution in [-0.2, 0) is 0 Å². The Hall–Kier alpha value is -3.56. The number of carbonyl (C=O) groups excluding carboxylic acids is 1. The van der Waals surface area contributed by atoms with Crippen molar-refractivity contribution in [2.24, 2.45) is 0 Å². The van der Waals surface area contributed by atoms with Crippen molar-refractivity contribution in [2.75, 3.05) is 0 Å². The third-order valence-corrected chi connectivity index (χ3v) is 6.19. The zero-order chi connectivity index (χ0) is 26.4. The second-order valence-corrected chi connectivity index (χ2v) is 9.83. The number of nitrogens with zero attached hydrogens (tertiary/aromatic N) is 2. The number of aromatic nitrogens is 3. The van der Waals surface area contributed by atoms with E-state index in [0.29, 0.717) is 11.1 Å². The molecule has 0 unspecified atom stereocenters. The number of halogens is 3. The molecule has 0 fully saturated rings. The van der Waals surface area contributed by atoms with Gasteiger partial charge in [-0.1, -0.05) is 43.6 Å². The van der Waals surface area contributed by atoms with Gasteiger partial charge in [0.25, 0.3) is 11.5 Å². The van der Waals surface area contributed by atoms with Crippen LogP contribution in [0.1, 0.15) is 61.1 Å². The highest BCUT2D eigenvalue weighted by molar-refractivity contribution is 6.31. The van der Waals surface area contributed by atoms with E-state index in [1.165, 1.54) is 67.0 Å². The van der Waals surface area contributed by atoms with Crippen LogP contribution in [0.2, 0.25) is 5.02 Å². The molecule has 36 heavy (non-hydrogen) atoms. The zero-order valence-corrected chi connectivity index (χ0v) is 20.8. The summed E-state index contributed by atoms with van der Waals surface area (Å²) in [6, 6.07) is 8.92. The van der Waals surface area contributed by atoms with Gasteiger partial charge in [0, 0.05) is 11.8 Å². The van der Waals surface area contributed by atoms with Crippen molar-refractivity contribution in [2.45, 2.75) is 45.3 Å². The Kier molecular flexibility index (Phi) is 6.72. The number of nitrogens with one attached hydrogen (secondary N) is 2. The molecule has 188 valence electrons. The van der Waals surface area contributed by atoms with Crippen LogP contribution in [0.3, 0.4) is 0 Å². The average Bonchev–Trinajstić information content (AvgIpc) is 3.20. The standard InChI is InChI=1S/C26H25ClF2N4O3/c1-13(2)19-17(24(34)30-22(26(3,4)36)14-8-10-15(28)11-9-14)12-33-21(19)25(35)31-23(32-33)16-6-5-7-18(27)20(16)29/h5-13,22,36H,1-4H3,(H,30,34)(H,31,32,35)/t22-/m0/s1. The lowest BCUT2D eigenvalue weighted by Crippen LogP contribution is -2.42. The fourth-order valence-corrected chi connectivity index (χ4v) is 4.39. The van der Waals surface area contributed by atoms with Gasteiger partial charge in [-0.3, -0.25) is 9.59 Å². The summed E-state index contributed by atoms with van der Waals surface area (Å²) in [6.07, 6.45) is 1.40. The third-order valence-electron chi connectivity index (χ3n) is 5.89. The predicted octanol–water partition coefficient (Wildman–Crippen LogP) is 4.99. The molecule has 1 amide bonds. The molecule has 0 saturated carbocycles. The number of aromatic amines is 1. The molecule has 7 nitrogen and oxygen atoms in total. The first kappa shape index (κ1) is 25.5. The van der Waals surface area contributed by atoms with E-state index in [4.69, 9.17) is 11.6 Å². The first-order valence-corrected chi connectivity index (χ1v) is 11.6. The summed E-state index contributed by atoms with van der Waals surface area (Å²) in [6.45, 7) is 6.70. The number of H-pyrrole nitrogens is 1. The van der Waals surface area contributed by atoms with Crippen LogP contribution in [0.15, 0.2) is 53.5 Å². The molecule has 4 aromatic rings. The number of hydrogen-bond acceptors (Lipinski definition) is 4. The van der Waals surface area contributed by atoms with Gasteiger partial charge in [-0.05, 0) is 49.6 Å². The summed E-state index contributed by atoms with van der Waals surface area (Å²) in [4.78, 5) is 29.1.